The predicted molar refractivity (Wildman–Crippen MR) is 74.9 cm³/mol. The second-order valence-electron chi connectivity index (χ2n) is 4.37. The average molecular weight is 269 g/mol. The van der Waals surface area contributed by atoms with Gasteiger partial charge in [0.2, 0.25) is 0 Å². The van der Waals surface area contributed by atoms with Gasteiger partial charge in [0.25, 0.3) is 0 Å². The minimum Gasteiger partial charge on any atom is -0.505 e. The summed E-state index contributed by atoms with van der Waals surface area (Å²) < 4.78 is 13.2. The summed E-state index contributed by atoms with van der Waals surface area (Å²) >= 11 is 0. The molecule has 1 heterocycles. The minimum atomic E-state index is -0.653. The van der Waals surface area contributed by atoms with Gasteiger partial charge in [-0.1, -0.05) is 12.1 Å². The van der Waals surface area contributed by atoms with Crippen LogP contribution in [0.4, 0.5) is 10.1 Å². The van der Waals surface area contributed by atoms with Gasteiger partial charge < -0.3 is 10.4 Å². The van der Waals surface area contributed by atoms with Crippen LogP contribution in [0.3, 0.4) is 0 Å². The Morgan fingerprint density at radius 2 is 1.90 bits per heavy atom. The number of phenols is 1. The molecule has 4 nitrogen and oxygen atoms in total. The molecule has 0 amide bonds. The molecule has 0 spiro atoms. The highest BCUT2D eigenvalue weighted by Gasteiger charge is 2.03. The molecule has 100 valence electrons. The Balaban J connectivity index is 1.77. The SMILES string of the molecule is Oc1ccc(NCc2cnc3ccccc3n2)cc1F. The molecule has 5 heteroatoms. The van der Waals surface area contributed by atoms with Gasteiger partial charge >= 0.3 is 0 Å². The van der Waals surface area contributed by atoms with Gasteiger partial charge in [-0.2, -0.15) is 0 Å². The summed E-state index contributed by atoms with van der Waals surface area (Å²) in [6, 6.07) is 11.8. The van der Waals surface area contributed by atoms with Crippen molar-refractivity contribution >= 4 is 16.7 Å². The molecule has 0 fully saturated rings. The van der Waals surface area contributed by atoms with Gasteiger partial charge in [0, 0.05) is 11.8 Å². The third kappa shape index (κ3) is 2.51. The van der Waals surface area contributed by atoms with Crippen LogP contribution in [0.5, 0.6) is 5.75 Å². The number of halogens is 1. The highest BCUT2D eigenvalue weighted by Crippen LogP contribution is 2.19. The molecule has 3 aromatic rings. The van der Waals surface area contributed by atoms with Crippen LogP contribution in [0.25, 0.3) is 11.0 Å². The number of phenolic OH excluding ortho intramolecular Hbond substituents is 1. The highest BCUT2D eigenvalue weighted by atomic mass is 19.1. The summed E-state index contributed by atoms with van der Waals surface area (Å²) in [6.45, 7) is 0.433. The van der Waals surface area contributed by atoms with Crippen molar-refractivity contribution < 1.29 is 9.50 Å². The van der Waals surface area contributed by atoms with Gasteiger partial charge in [-0.25, -0.2) is 9.37 Å². The van der Waals surface area contributed by atoms with E-state index in [0.29, 0.717) is 12.2 Å². The Bertz CT molecular complexity index is 761. The summed E-state index contributed by atoms with van der Waals surface area (Å²) in [5.41, 5.74) is 3.00. The predicted octanol–water partition coefficient (Wildman–Crippen LogP) is 3.09. The number of aromatic nitrogens is 2. The van der Waals surface area contributed by atoms with E-state index in [1.54, 1.807) is 12.3 Å². The summed E-state index contributed by atoms with van der Waals surface area (Å²) in [5.74, 6) is -1.01. The number of fused-ring (bicyclic) bond motifs is 1. The molecular formula is C15H12FN3O. The summed E-state index contributed by atoms with van der Waals surface area (Å²) in [5, 5.41) is 12.2. The van der Waals surface area contributed by atoms with Crippen molar-refractivity contribution in [2.45, 2.75) is 6.54 Å². The van der Waals surface area contributed by atoms with E-state index in [-0.39, 0.29) is 5.75 Å². The smallest absolute Gasteiger partial charge is 0.166 e. The standard InChI is InChI=1S/C15H12FN3O/c16-12-7-10(5-6-15(12)20)17-8-11-9-18-13-3-1-2-4-14(13)19-11/h1-7,9,17,20H,8H2. The zero-order valence-electron chi connectivity index (χ0n) is 10.5. The fraction of sp³-hybridized carbons (Fsp3) is 0.0667. The normalized spacial score (nSPS) is 10.7. The van der Waals surface area contributed by atoms with Gasteiger partial charge in [-0.3, -0.25) is 4.98 Å². The monoisotopic (exact) mass is 269 g/mol. The van der Waals surface area contributed by atoms with Crippen LogP contribution in [0.2, 0.25) is 0 Å². The van der Waals surface area contributed by atoms with Crippen LogP contribution < -0.4 is 5.32 Å². The van der Waals surface area contributed by atoms with E-state index in [0.717, 1.165) is 16.7 Å². The van der Waals surface area contributed by atoms with Crippen LogP contribution in [0.15, 0.2) is 48.7 Å². The number of hydrogen-bond donors (Lipinski definition) is 2. The van der Waals surface area contributed by atoms with Gasteiger partial charge in [0.1, 0.15) is 0 Å². The van der Waals surface area contributed by atoms with Crippen LogP contribution >= 0.6 is 0 Å². The lowest BCUT2D eigenvalue weighted by Gasteiger charge is -2.07. The first-order valence-electron chi connectivity index (χ1n) is 6.15. The molecule has 0 aliphatic rings. The third-order valence-corrected chi connectivity index (χ3v) is 2.92. The molecule has 0 bridgehead atoms. The van der Waals surface area contributed by atoms with E-state index in [2.05, 4.69) is 15.3 Å². The molecule has 0 aliphatic carbocycles. The molecule has 20 heavy (non-hydrogen) atoms. The van der Waals surface area contributed by atoms with Crippen molar-refractivity contribution in [1.82, 2.24) is 9.97 Å². The number of hydrogen-bond acceptors (Lipinski definition) is 4. The number of nitrogens with one attached hydrogen (secondary N) is 1. The first kappa shape index (κ1) is 12.3. The molecule has 0 saturated carbocycles. The lowest BCUT2D eigenvalue weighted by Crippen LogP contribution is -2.02. The number of benzene rings is 2. The van der Waals surface area contributed by atoms with Crippen molar-refractivity contribution in [1.29, 1.82) is 0 Å². The van der Waals surface area contributed by atoms with Crippen LogP contribution in [-0.4, -0.2) is 15.1 Å². The maximum absolute atomic E-state index is 13.2. The quantitative estimate of drug-likeness (QED) is 0.717. The van der Waals surface area contributed by atoms with Crippen molar-refractivity contribution in [2.24, 2.45) is 0 Å². The van der Waals surface area contributed by atoms with Crippen LogP contribution in [0, 0.1) is 5.82 Å². The second-order valence-corrected chi connectivity index (χ2v) is 4.37. The summed E-state index contributed by atoms with van der Waals surface area (Å²) in [6.07, 6.45) is 1.69. The number of nitrogens with zero attached hydrogens (tertiary/aromatic N) is 2. The van der Waals surface area contributed by atoms with E-state index in [4.69, 9.17) is 5.11 Å². The number of para-hydroxylation sites is 2. The molecule has 0 saturated heterocycles. The Hall–Kier alpha value is -2.69. The van der Waals surface area contributed by atoms with Crippen molar-refractivity contribution in [3.05, 3.63) is 60.2 Å². The highest BCUT2D eigenvalue weighted by molar-refractivity contribution is 5.73. The number of aromatic hydroxyl groups is 1. The maximum Gasteiger partial charge on any atom is 0.166 e. The average Bonchev–Trinajstić information content (AvgIpc) is 2.48. The first-order chi connectivity index (χ1) is 9.72. The van der Waals surface area contributed by atoms with Crippen LogP contribution in [-0.2, 0) is 6.54 Å². The zero-order valence-corrected chi connectivity index (χ0v) is 10.5. The van der Waals surface area contributed by atoms with Gasteiger partial charge in [0.05, 0.1) is 29.5 Å². The Morgan fingerprint density at radius 1 is 1.10 bits per heavy atom. The van der Waals surface area contributed by atoms with Gasteiger partial charge in [-0.05, 0) is 24.3 Å². The van der Waals surface area contributed by atoms with Crippen LogP contribution in [0.1, 0.15) is 5.69 Å². The van der Waals surface area contributed by atoms with Gasteiger partial charge in [0.15, 0.2) is 11.6 Å². The Kier molecular flexibility index (Phi) is 3.16. The fourth-order valence-corrected chi connectivity index (χ4v) is 1.89. The molecule has 0 atom stereocenters. The minimum absolute atomic E-state index is 0.360. The first-order valence-corrected chi connectivity index (χ1v) is 6.15. The van der Waals surface area contributed by atoms with Crippen molar-refractivity contribution in [2.75, 3.05) is 5.32 Å². The zero-order chi connectivity index (χ0) is 13.9. The number of rotatable bonds is 3. The topological polar surface area (TPSA) is 58.0 Å². The molecule has 2 N–H and O–H groups in total. The van der Waals surface area contributed by atoms with E-state index < -0.39 is 5.82 Å². The molecule has 0 unspecified atom stereocenters. The molecule has 2 aromatic carbocycles. The molecular weight excluding hydrogens is 257 g/mol. The van der Waals surface area contributed by atoms with Crippen molar-refractivity contribution in [3.63, 3.8) is 0 Å². The van der Waals surface area contributed by atoms with E-state index >= 15 is 0 Å². The fourth-order valence-electron chi connectivity index (χ4n) is 1.89. The number of anilines is 1. The van der Waals surface area contributed by atoms with E-state index in [1.165, 1.54) is 12.1 Å². The third-order valence-electron chi connectivity index (χ3n) is 2.92. The molecule has 0 aliphatic heterocycles. The second kappa shape index (κ2) is 5.13. The maximum atomic E-state index is 13.2. The van der Waals surface area contributed by atoms with Gasteiger partial charge in [-0.15, -0.1) is 0 Å². The summed E-state index contributed by atoms with van der Waals surface area (Å²) in [4.78, 5) is 8.77. The Labute approximate surface area is 114 Å². The lowest BCUT2D eigenvalue weighted by molar-refractivity contribution is 0.432. The van der Waals surface area contributed by atoms with E-state index in [1.807, 2.05) is 24.3 Å². The molecule has 1 aromatic heterocycles. The van der Waals surface area contributed by atoms with E-state index in [9.17, 15) is 4.39 Å². The lowest BCUT2D eigenvalue weighted by atomic mass is 10.2. The van der Waals surface area contributed by atoms with Crippen molar-refractivity contribution in [3.8, 4) is 5.75 Å². The molecule has 0 radical (unpaired) electrons. The summed E-state index contributed by atoms with van der Waals surface area (Å²) in [7, 11) is 0. The molecule has 3 rings (SSSR count). The Morgan fingerprint density at radius 3 is 2.70 bits per heavy atom. The largest absolute Gasteiger partial charge is 0.505 e.